The summed E-state index contributed by atoms with van der Waals surface area (Å²) in [5.74, 6) is -0.0387. The fourth-order valence-electron chi connectivity index (χ4n) is 1.90. The number of carbonyl (C=O) groups excluding carboxylic acids is 1. The highest BCUT2D eigenvalue weighted by molar-refractivity contribution is 5.97. The van der Waals surface area contributed by atoms with E-state index in [9.17, 15) is 4.79 Å². The molecule has 0 radical (unpaired) electrons. The summed E-state index contributed by atoms with van der Waals surface area (Å²) in [5, 5.41) is 0. The zero-order chi connectivity index (χ0) is 14.3. The molecular weight excluding hydrogens is 236 g/mol. The van der Waals surface area contributed by atoms with E-state index in [-0.39, 0.29) is 5.78 Å². The zero-order valence-electron chi connectivity index (χ0n) is 12.1. The van der Waals surface area contributed by atoms with Crippen molar-refractivity contribution in [1.82, 2.24) is 4.90 Å². The maximum Gasteiger partial charge on any atom is 0.176 e. The molecule has 1 aromatic rings. The fourth-order valence-corrected chi connectivity index (χ4v) is 1.90. The van der Waals surface area contributed by atoms with Gasteiger partial charge in [0.05, 0.1) is 5.54 Å². The summed E-state index contributed by atoms with van der Waals surface area (Å²) >= 11 is 0. The van der Waals surface area contributed by atoms with E-state index in [2.05, 4.69) is 18.7 Å². The second-order valence-electron chi connectivity index (χ2n) is 4.98. The third-order valence-electron chi connectivity index (χ3n) is 3.23. The van der Waals surface area contributed by atoms with Crippen LogP contribution in [-0.4, -0.2) is 29.3 Å². The standard InChI is InChI=1S/C16H24N2O/c1-4-18(5-2)12-11-15(19)16(3,17)13-14-9-7-6-8-10-14/h6-12H,4-5,13,17H2,1-3H3/b12-11+. The van der Waals surface area contributed by atoms with Gasteiger partial charge in [-0.2, -0.15) is 0 Å². The number of hydrogen-bond donors (Lipinski definition) is 1. The number of hydrogen-bond acceptors (Lipinski definition) is 3. The fraction of sp³-hybridized carbons (Fsp3) is 0.438. The van der Waals surface area contributed by atoms with E-state index in [1.807, 2.05) is 36.5 Å². The van der Waals surface area contributed by atoms with Crippen molar-refractivity contribution in [1.29, 1.82) is 0 Å². The third kappa shape index (κ3) is 4.87. The van der Waals surface area contributed by atoms with E-state index in [4.69, 9.17) is 5.73 Å². The predicted octanol–water partition coefficient (Wildman–Crippen LogP) is 2.37. The molecule has 104 valence electrons. The number of nitrogens with zero attached hydrogens (tertiary/aromatic N) is 1. The molecule has 3 nitrogen and oxygen atoms in total. The van der Waals surface area contributed by atoms with E-state index in [1.54, 1.807) is 13.0 Å². The number of benzene rings is 1. The number of ketones is 1. The van der Waals surface area contributed by atoms with Crippen LogP contribution in [0.3, 0.4) is 0 Å². The van der Waals surface area contributed by atoms with Crippen molar-refractivity contribution >= 4 is 5.78 Å². The monoisotopic (exact) mass is 260 g/mol. The molecule has 0 heterocycles. The maximum atomic E-state index is 12.2. The molecule has 1 atom stereocenters. The number of rotatable bonds is 7. The van der Waals surface area contributed by atoms with Crippen molar-refractivity contribution in [3.8, 4) is 0 Å². The Balaban J connectivity index is 2.69. The van der Waals surface area contributed by atoms with Gasteiger partial charge in [-0.05, 0) is 38.8 Å². The van der Waals surface area contributed by atoms with Gasteiger partial charge in [0.2, 0.25) is 0 Å². The summed E-state index contributed by atoms with van der Waals surface area (Å²) in [4.78, 5) is 14.2. The summed E-state index contributed by atoms with van der Waals surface area (Å²) in [6.07, 6.45) is 3.98. The van der Waals surface area contributed by atoms with Crippen molar-refractivity contribution in [3.05, 3.63) is 48.2 Å². The average molecular weight is 260 g/mol. The third-order valence-corrected chi connectivity index (χ3v) is 3.23. The Morgan fingerprint density at radius 1 is 1.26 bits per heavy atom. The summed E-state index contributed by atoms with van der Waals surface area (Å²) in [7, 11) is 0. The number of nitrogens with two attached hydrogens (primary N) is 1. The van der Waals surface area contributed by atoms with Gasteiger partial charge in [-0.1, -0.05) is 30.3 Å². The quantitative estimate of drug-likeness (QED) is 0.766. The van der Waals surface area contributed by atoms with Gasteiger partial charge in [0, 0.05) is 19.3 Å². The molecule has 0 fully saturated rings. The van der Waals surface area contributed by atoms with E-state index in [0.29, 0.717) is 6.42 Å². The van der Waals surface area contributed by atoms with E-state index < -0.39 is 5.54 Å². The molecule has 1 unspecified atom stereocenters. The van der Waals surface area contributed by atoms with Gasteiger partial charge in [0.15, 0.2) is 5.78 Å². The molecule has 1 aromatic carbocycles. The molecule has 0 saturated carbocycles. The summed E-state index contributed by atoms with van der Waals surface area (Å²) < 4.78 is 0. The van der Waals surface area contributed by atoms with Crippen molar-refractivity contribution in [2.75, 3.05) is 13.1 Å². The molecule has 0 aromatic heterocycles. The highest BCUT2D eigenvalue weighted by atomic mass is 16.1. The van der Waals surface area contributed by atoms with Gasteiger partial charge in [0.25, 0.3) is 0 Å². The van der Waals surface area contributed by atoms with Crippen LogP contribution in [0.5, 0.6) is 0 Å². The SMILES string of the molecule is CCN(/C=C/C(=O)C(C)(N)Cc1ccccc1)CC. The molecule has 1 rings (SSSR count). The lowest BCUT2D eigenvalue weighted by molar-refractivity contribution is -0.119. The van der Waals surface area contributed by atoms with Crippen LogP contribution in [0.15, 0.2) is 42.6 Å². The lowest BCUT2D eigenvalue weighted by Crippen LogP contribution is -2.46. The number of carbonyl (C=O) groups is 1. The Labute approximate surface area is 116 Å². The van der Waals surface area contributed by atoms with Gasteiger partial charge in [-0.3, -0.25) is 4.79 Å². The zero-order valence-corrected chi connectivity index (χ0v) is 12.1. The average Bonchev–Trinajstić information content (AvgIpc) is 2.40. The van der Waals surface area contributed by atoms with Crippen LogP contribution < -0.4 is 5.73 Å². The Bertz CT molecular complexity index is 420. The molecule has 0 aliphatic carbocycles. The first-order valence-electron chi connectivity index (χ1n) is 6.79. The molecule has 2 N–H and O–H groups in total. The largest absolute Gasteiger partial charge is 0.378 e. The van der Waals surface area contributed by atoms with Crippen LogP contribution >= 0.6 is 0 Å². The van der Waals surface area contributed by atoms with Gasteiger partial charge in [0.1, 0.15) is 0 Å². The van der Waals surface area contributed by atoms with Gasteiger partial charge >= 0.3 is 0 Å². The van der Waals surface area contributed by atoms with Gasteiger partial charge in [-0.15, -0.1) is 0 Å². The van der Waals surface area contributed by atoms with E-state index in [0.717, 1.165) is 18.7 Å². The normalized spacial score (nSPS) is 14.3. The molecule has 0 amide bonds. The van der Waals surface area contributed by atoms with Gasteiger partial charge < -0.3 is 10.6 Å². The minimum absolute atomic E-state index is 0.0387. The minimum atomic E-state index is -0.856. The molecule has 3 heteroatoms. The van der Waals surface area contributed by atoms with E-state index in [1.165, 1.54) is 0 Å². The molecule has 0 aliphatic rings. The summed E-state index contributed by atoms with van der Waals surface area (Å²) in [5.41, 5.74) is 6.37. The lowest BCUT2D eigenvalue weighted by atomic mass is 9.89. The van der Waals surface area contributed by atoms with Crippen molar-refractivity contribution in [3.63, 3.8) is 0 Å². The highest BCUT2D eigenvalue weighted by Gasteiger charge is 2.26. The first-order chi connectivity index (χ1) is 8.99. The van der Waals surface area contributed by atoms with Crippen LogP contribution in [0.1, 0.15) is 26.3 Å². The van der Waals surface area contributed by atoms with Crippen LogP contribution in [0.25, 0.3) is 0 Å². The molecule has 0 saturated heterocycles. The molecule has 19 heavy (non-hydrogen) atoms. The summed E-state index contributed by atoms with van der Waals surface area (Å²) in [6, 6.07) is 9.86. The van der Waals surface area contributed by atoms with Crippen LogP contribution in [0, 0.1) is 0 Å². The Hall–Kier alpha value is -1.61. The van der Waals surface area contributed by atoms with Crippen molar-refractivity contribution < 1.29 is 4.79 Å². The first-order valence-corrected chi connectivity index (χ1v) is 6.79. The topological polar surface area (TPSA) is 46.3 Å². The molecular formula is C16H24N2O. The first kappa shape index (κ1) is 15.4. The Morgan fingerprint density at radius 3 is 2.37 bits per heavy atom. The second kappa shape index (κ2) is 7.10. The Morgan fingerprint density at radius 2 is 1.84 bits per heavy atom. The van der Waals surface area contributed by atoms with Crippen molar-refractivity contribution in [2.24, 2.45) is 5.73 Å². The second-order valence-corrected chi connectivity index (χ2v) is 4.98. The maximum absolute atomic E-state index is 12.2. The highest BCUT2D eigenvalue weighted by Crippen LogP contribution is 2.12. The van der Waals surface area contributed by atoms with E-state index >= 15 is 0 Å². The predicted molar refractivity (Wildman–Crippen MR) is 79.8 cm³/mol. The van der Waals surface area contributed by atoms with Crippen LogP contribution in [-0.2, 0) is 11.2 Å². The van der Waals surface area contributed by atoms with Crippen molar-refractivity contribution in [2.45, 2.75) is 32.7 Å². The minimum Gasteiger partial charge on any atom is -0.378 e. The van der Waals surface area contributed by atoms with Crippen LogP contribution in [0.4, 0.5) is 0 Å². The van der Waals surface area contributed by atoms with Gasteiger partial charge in [-0.25, -0.2) is 0 Å². The Kier molecular flexibility index (Phi) is 5.77. The lowest BCUT2D eigenvalue weighted by Gasteiger charge is -2.22. The van der Waals surface area contributed by atoms with Crippen LogP contribution in [0.2, 0.25) is 0 Å². The molecule has 0 aliphatic heterocycles. The molecule has 0 bridgehead atoms. The molecule has 0 spiro atoms. The summed E-state index contributed by atoms with van der Waals surface area (Å²) in [6.45, 7) is 7.68. The smallest absolute Gasteiger partial charge is 0.176 e.